The number of nitrogens with zero attached hydrogens (tertiary/aromatic N) is 2. The summed E-state index contributed by atoms with van der Waals surface area (Å²) in [6.07, 6.45) is 2.70. The van der Waals surface area contributed by atoms with Crippen molar-refractivity contribution in [3.63, 3.8) is 0 Å². The van der Waals surface area contributed by atoms with E-state index in [1.807, 2.05) is 0 Å². The summed E-state index contributed by atoms with van der Waals surface area (Å²) < 4.78 is 0. The Labute approximate surface area is 88.9 Å². The van der Waals surface area contributed by atoms with Crippen LogP contribution in [0.15, 0.2) is 23.3 Å². The maximum absolute atomic E-state index is 10.9. The Kier molecular flexibility index (Phi) is 2.34. The van der Waals surface area contributed by atoms with Crippen LogP contribution in [0.1, 0.15) is 9.67 Å². The predicted molar refractivity (Wildman–Crippen MR) is 58.9 cm³/mol. The molecule has 0 radical (unpaired) electrons. The van der Waals surface area contributed by atoms with Gasteiger partial charge >= 0.3 is 5.97 Å². The molecule has 0 saturated carbocycles. The van der Waals surface area contributed by atoms with Crippen LogP contribution < -0.4 is 5.73 Å². The van der Waals surface area contributed by atoms with Gasteiger partial charge in [-0.3, -0.25) is 0 Å². The second-order valence-electron chi connectivity index (χ2n) is 2.72. The first kappa shape index (κ1) is 9.60. The Balaban J connectivity index is 2.80. The summed E-state index contributed by atoms with van der Waals surface area (Å²) >= 11 is 1.09. The zero-order valence-electron chi connectivity index (χ0n) is 7.54. The number of carboxylic acid groups (broad SMARTS) is 1. The molecule has 0 spiro atoms. The van der Waals surface area contributed by atoms with Crippen molar-refractivity contribution >= 4 is 39.5 Å². The van der Waals surface area contributed by atoms with Crippen molar-refractivity contribution < 1.29 is 9.90 Å². The van der Waals surface area contributed by atoms with Crippen molar-refractivity contribution in [2.45, 2.75) is 0 Å². The van der Waals surface area contributed by atoms with Crippen LogP contribution in [0.5, 0.6) is 0 Å². The highest BCUT2D eigenvalue weighted by Crippen LogP contribution is 2.36. The summed E-state index contributed by atoms with van der Waals surface area (Å²) in [5, 5.41) is 9.67. The van der Waals surface area contributed by atoms with E-state index in [-0.39, 0.29) is 4.88 Å². The lowest BCUT2D eigenvalue weighted by Gasteiger charge is -1.91. The van der Waals surface area contributed by atoms with Crippen LogP contribution in [0.4, 0.5) is 5.69 Å². The maximum Gasteiger partial charge on any atom is 0.348 e. The first-order valence-electron chi connectivity index (χ1n) is 4.09. The van der Waals surface area contributed by atoms with Gasteiger partial charge < -0.3 is 10.8 Å². The Bertz CT molecular complexity index is 547. The normalized spacial score (nSPS) is 11.2. The fraction of sp³-hybridized carbons (Fsp3) is 0. The minimum absolute atomic E-state index is 0.158. The molecule has 2 heterocycles. The van der Waals surface area contributed by atoms with Gasteiger partial charge in [-0.2, -0.15) is 0 Å². The number of nitrogens with two attached hydrogens (primary N) is 1. The number of hydrogen-bond acceptors (Lipinski definition) is 4. The lowest BCUT2D eigenvalue weighted by Crippen LogP contribution is -1.93. The second kappa shape index (κ2) is 3.66. The van der Waals surface area contributed by atoms with Gasteiger partial charge in [0.2, 0.25) is 0 Å². The first-order valence-corrected chi connectivity index (χ1v) is 4.90. The number of aromatic carboxylic acids is 1. The molecule has 0 aliphatic carbocycles. The molecular weight excluding hydrogens is 214 g/mol. The van der Waals surface area contributed by atoms with Crippen LogP contribution >= 0.6 is 11.3 Å². The molecule has 0 aromatic carbocycles. The number of carboxylic acids is 1. The molecule has 2 aromatic rings. The molecule has 2 rings (SSSR count). The maximum atomic E-state index is 10.9. The van der Waals surface area contributed by atoms with Crippen LogP contribution in [0.25, 0.3) is 10.2 Å². The molecule has 0 aliphatic heterocycles. The van der Waals surface area contributed by atoms with Gasteiger partial charge in [0, 0.05) is 11.6 Å². The summed E-state index contributed by atoms with van der Waals surface area (Å²) in [7, 11) is 0. The zero-order valence-corrected chi connectivity index (χ0v) is 8.36. The number of aliphatic imine (C=N–C) groups is 1. The quantitative estimate of drug-likeness (QED) is 0.595. The molecule has 2 aromatic heterocycles. The highest BCUT2D eigenvalue weighted by atomic mass is 32.1. The van der Waals surface area contributed by atoms with Crippen molar-refractivity contribution in [1.82, 2.24) is 4.98 Å². The number of rotatable bonds is 2. The van der Waals surface area contributed by atoms with E-state index in [0.717, 1.165) is 17.7 Å². The molecule has 0 bridgehead atoms. The second-order valence-corrected chi connectivity index (χ2v) is 3.72. The minimum Gasteiger partial charge on any atom is -0.477 e. The van der Waals surface area contributed by atoms with Crippen molar-refractivity contribution in [3.8, 4) is 0 Å². The highest BCUT2D eigenvalue weighted by Gasteiger charge is 2.17. The Morgan fingerprint density at radius 3 is 3.13 bits per heavy atom. The van der Waals surface area contributed by atoms with E-state index < -0.39 is 5.97 Å². The molecular formula is C9H7N3O2S. The van der Waals surface area contributed by atoms with E-state index >= 15 is 0 Å². The van der Waals surface area contributed by atoms with Gasteiger partial charge in [-0.25, -0.2) is 14.8 Å². The van der Waals surface area contributed by atoms with Crippen molar-refractivity contribution in [1.29, 1.82) is 0 Å². The van der Waals surface area contributed by atoms with Crippen LogP contribution in [-0.2, 0) is 0 Å². The number of fused-ring (bicyclic) bond motifs is 1. The van der Waals surface area contributed by atoms with Crippen LogP contribution in [0.2, 0.25) is 0 Å². The zero-order chi connectivity index (χ0) is 10.8. The third kappa shape index (κ3) is 1.55. The van der Waals surface area contributed by atoms with Gasteiger partial charge in [-0.1, -0.05) is 0 Å². The lowest BCUT2D eigenvalue weighted by atomic mass is 10.2. The van der Waals surface area contributed by atoms with Crippen molar-refractivity contribution in [2.75, 3.05) is 0 Å². The van der Waals surface area contributed by atoms with Gasteiger partial charge in [0.15, 0.2) is 0 Å². The van der Waals surface area contributed by atoms with E-state index in [9.17, 15) is 4.79 Å². The summed E-state index contributed by atoms with van der Waals surface area (Å²) in [5.74, 6) is -1.02. The van der Waals surface area contributed by atoms with Gasteiger partial charge in [-0.15, -0.1) is 11.3 Å². The van der Waals surface area contributed by atoms with Gasteiger partial charge in [0.1, 0.15) is 9.71 Å². The van der Waals surface area contributed by atoms with Crippen LogP contribution in [-0.4, -0.2) is 22.4 Å². The van der Waals surface area contributed by atoms with E-state index in [1.54, 1.807) is 18.3 Å². The van der Waals surface area contributed by atoms with E-state index in [0.29, 0.717) is 15.9 Å². The number of aromatic nitrogens is 1. The molecule has 0 atom stereocenters. The number of carbonyl (C=O) groups is 1. The summed E-state index contributed by atoms with van der Waals surface area (Å²) in [4.78, 5) is 19.7. The molecule has 76 valence electrons. The largest absolute Gasteiger partial charge is 0.477 e. The predicted octanol–water partition coefficient (Wildman–Crippen LogP) is 1.61. The Morgan fingerprint density at radius 1 is 1.67 bits per heavy atom. The summed E-state index contributed by atoms with van der Waals surface area (Å²) in [6, 6.07) is 3.50. The molecule has 0 amide bonds. The average molecular weight is 221 g/mol. The molecule has 6 heteroatoms. The van der Waals surface area contributed by atoms with Crippen LogP contribution in [0, 0.1) is 0 Å². The third-order valence-corrected chi connectivity index (χ3v) is 2.93. The van der Waals surface area contributed by atoms with Crippen molar-refractivity contribution in [2.24, 2.45) is 10.7 Å². The number of pyridine rings is 1. The monoisotopic (exact) mass is 221 g/mol. The SMILES string of the molecule is NC=Nc1c(C(=O)O)sc2ncccc12. The molecule has 3 N–H and O–H groups in total. The smallest absolute Gasteiger partial charge is 0.348 e. The summed E-state index contributed by atoms with van der Waals surface area (Å²) in [5.41, 5.74) is 5.55. The molecule has 0 unspecified atom stereocenters. The molecule has 5 nitrogen and oxygen atoms in total. The highest BCUT2D eigenvalue weighted by molar-refractivity contribution is 7.21. The number of hydrogen-bond donors (Lipinski definition) is 2. The Morgan fingerprint density at radius 2 is 2.47 bits per heavy atom. The number of thiophene rings is 1. The van der Waals surface area contributed by atoms with E-state index in [4.69, 9.17) is 10.8 Å². The van der Waals surface area contributed by atoms with Gasteiger partial charge in [-0.05, 0) is 12.1 Å². The fourth-order valence-corrected chi connectivity index (χ4v) is 2.20. The summed E-state index contributed by atoms with van der Waals surface area (Å²) in [6.45, 7) is 0. The standard InChI is InChI=1S/C9H7N3O2S/c10-4-12-6-5-2-1-3-11-8(5)15-7(6)9(13)14/h1-4H,(H2,10,12)(H,13,14). The van der Waals surface area contributed by atoms with Crippen LogP contribution in [0.3, 0.4) is 0 Å². The molecule has 15 heavy (non-hydrogen) atoms. The third-order valence-electron chi connectivity index (χ3n) is 1.84. The van der Waals surface area contributed by atoms with E-state index in [1.165, 1.54) is 0 Å². The molecule has 0 fully saturated rings. The van der Waals surface area contributed by atoms with Gasteiger partial charge in [0.25, 0.3) is 0 Å². The fourth-order valence-electron chi connectivity index (χ4n) is 1.27. The molecule has 0 aliphatic rings. The average Bonchev–Trinajstić information content (AvgIpc) is 2.58. The molecule has 0 saturated heterocycles. The van der Waals surface area contributed by atoms with Gasteiger partial charge in [0.05, 0.1) is 12.0 Å². The Hall–Kier alpha value is -1.95. The van der Waals surface area contributed by atoms with E-state index in [2.05, 4.69) is 9.98 Å². The lowest BCUT2D eigenvalue weighted by molar-refractivity contribution is 0.0703. The van der Waals surface area contributed by atoms with Crippen molar-refractivity contribution in [3.05, 3.63) is 23.2 Å². The first-order chi connectivity index (χ1) is 7.24. The topological polar surface area (TPSA) is 88.6 Å². The minimum atomic E-state index is -1.02.